The van der Waals surface area contributed by atoms with Gasteiger partial charge >= 0.3 is 0 Å². The number of carbonyl (C=O) groups is 1. The summed E-state index contributed by atoms with van der Waals surface area (Å²) in [5.74, 6) is 1.01. The third-order valence-electron chi connectivity index (χ3n) is 4.68. The lowest BCUT2D eigenvalue weighted by Gasteiger charge is -2.17. The maximum atomic E-state index is 12.4. The number of rotatable bonds is 5. The first kappa shape index (κ1) is 16.5. The zero-order valence-electron chi connectivity index (χ0n) is 14.8. The van der Waals surface area contributed by atoms with Crippen LogP contribution in [0.5, 0.6) is 0 Å². The molecule has 4 heterocycles. The number of amides is 1. The normalized spacial score (nSPS) is 17.0. The van der Waals surface area contributed by atoms with Crippen molar-refractivity contribution in [1.29, 1.82) is 0 Å². The van der Waals surface area contributed by atoms with Gasteiger partial charge in [-0.15, -0.1) is 5.10 Å². The van der Waals surface area contributed by atoms with Crippen LogP contribution in [0.4, 0.5) is 5.82 Å². The van der Waals surface area contributed by atoms with Gasteiger partial charge in [0.2, 0.25) is 5.91 Å². The number of aromatic nitrogens is 4. The fraction of sp³-hybridized carbons (Fsp3) is 0.368. The van der Waals surface area contributed by atoms with Crippen molar-refractivity contribution in [3.8, 4) is 0 Å². The Kier molecular flexibility index (Phi) is 4.51. The summed E-state index contributed by atoms with van der Waals surface area (Å²) >= 11 is 0. The van der Waals surface area contributed by atoms with E-state index < -0.39 is 0 Å². The third-order valence-corrected chi connectivity index (χ3v) is 4.68. The van der Waals surface area contributed by atoms with Crippen LogP contribution in [0.2, 0.25) is 0 Å². The molecule has 1 aliphatic rings. The van der Waals surface area contributed by atoms with E-state index in [0.717, 1.165) is 42.1 Å². The van der Waals surface area contributed by atoms with Crippen LogP contribution in [0.25, 0.3) is 5.65 Å². The van der Waals surface area contributed by atoms with Gasteiger partial charge in [-0.1, -0.05) is 6.07 Å². The summed E-state index contributed by atoms with van der Waals surface area (Å²) in [5.41, 5.74) is 2.88. The standard InChI is InChI=1S/C19H22N6O/c1-14-12-25-18(21-14)6-5-17(23-25)22-16-8-10-24(13-16)19(26)7-4-15-3-2-9-20-11-15/h2-3,5-6,9,11-12,16H,4,7-8,10,13H2,1H3,(H,22,23). The highest BCUT2D eigenvalue weighted by Crippen LogP contribution is 2.16. The number of carbonyl (C=O) groups excluding carboxylic acids is 1. The van der Waals surface area contributed by atoms with Crippen LogP contribution < -0.4 is 5.32 Å². The van der Waals surface area contributed by atoms with Crippen molar-refractivity contribution in [3.05, 3.63) is 54.1 Å². The minimum atomic E-state index is 0.201. The zero-order chi connectivity index (χ0) is 17.9. The van der Waals surface area contributed by atoms with Crippen molar-refractivity contribution >= 4 is 17.4 Å². The summed E-state index contributed by atoms with van der Waals surface area (Å²) in [6, 6.07) is 8.03. The van der Waals surface area contributed by atoms with E-state index in [1.54, 1.807) is 10.7 Å². The van der Waals surface area contributed by atoms with Crippen LogP contribution in [0, 0.1) is 6.92 Å². The molecule has 1 atom stereocenters. The molecule has 0 bridgehead atoms. The van der Waals surface area contributed by atoms with Crippen LogP contribution in [0.3, 0.4) is 0 Å². The number of nitrogens with one attached hydrogen (secondary N) is 1. The van der Waals surface area contributed by atoms with Crippen LogP contribution in [-0.2, 0) is 11.2 Å². The van der Waals surface area contributed by atoms with Crippen molar-refractivity contribution in [3.63, 3.8) is 0 Å². The van der Waals surface area contributed by atoms with E-state index in [4.69, 9.17) is 0 Å². The number of nitrogens with zero attached hydrogens (tertiary/aromatic N) is 5. The second-order valence-corrected chi connectivity index (χ2v) is 6.73. The van der Waals surface area contributed by atoms with E-state index >= 15 is 0 Å². The van der Waals surface area contributed by atoms with Crippen LogP contribution in [0.15, 0.2) is 42.9 Å². The molecule has 1 N–H and O–H groups in total. The maximum absolute atomic E-state index is 12.4. The second-order valence-electron chi connectivity index (χ2n) is 6.73. The van der Waals surface area contributed by atoms with E-state index in [2.05, 4.69) is 20.4 Å². The lowest BCUT2D eigenvalue weighted by atomic mass is 10.1. The minimum Gasteiger partial charge on any atom is -0.364 e. The largest absolute Gasteiger partial charge is 0.364 e. The Labute approximate surface area is 152 Å². The number of hydrogen-bond acceptors (Lipinski definition) is 5. The summed E-state index contributed by atoms with van der Waals surface area (Å²) in [4.78, 5) is 22.9. The Morgan fingerprint density at radius 3 is 3.12 bits per heavy atom. The Balaban J connectivity index is 1.31. The van der Waals surface area contributed by atoms with Crippen molar-refractivity contribution in [2.45, 2.75) is 32.2 Å². The van der Waals surface area contributed by atoms with Crippen LogP contribution >= 0.6 is 0 Å². The summed E-state index contributed by atoms with van der Waals surface area (Å²) in [5, 5.41) is 7.98. The van der Waals surface area contributed by atoms with Crippen LogP contribution in [0.1, 0.15) is 24.1 Å². The second kappa shape index (κ2) is 7.11. The fourth-order valence-electron chi connectivity index (χ4n) is 3.35. The van der Waals surface area contributed by atoms with Crippen LogP contribution in [-0.4, -0.2) is 49.5 Å². The average Bonchev–Trinajstić information content (AvgIpc) is 3.26. The van der Waals surface area contributed by atoms with Crippen molar-refractivity contribution in [2.75, 3.05) is 18.4 Å². The molecule has 0 saturated carbocycles. The molecule has 0 radical (unpaired) electrons. The van der Waals surface area contributed by atoms with E-state index in [0.29, 0.717) is 13.0 Å². The summed E-state index contributed by atoms with van der Waals surface area (Å²) in [6.07, 6.45) is 7.67. The number of fused-ring (bicyclic) bond motifs is 1. The van der Waals surface area contributed by atoms with Gasteiger partial charge in [-0.05, 0) is 43.5 Å². The van der Waals surface area contributed by atoms with Gasteiger partial charge in [0.25, 0.3) is 0 Å². The molecule has 3 aromatic rings. The highest BCUT2D eigenvalue weighted by Gasteiger charge is 2.26. The fourth-order valence-corrected chi connectivity index (χ4v) is 3.35. The molecule has 7 nitrogen and oxygen atoms in total. The molecule has 0 aliphatic carbocycles. The quantitative estimate of drug-likeness (QED) is 0.762. The molecule has 1 saturated heterocycles. The number of imidazole rings is 1. The summed E-state index contributed by atoms with van der Waals surface area (Å²) < 4.78 is 1.78. The lowest BCUT2D eigenvalue weighted by molar-refractivity contribution is -0.130. The van der Waals surface area contributed by atoms with Crippen molar-refractivity contribution in [1.82, 2.24) is 24.5 Å². The Morgan fingerprint density at radius 1 is 1.35 bits per heavy atom. The summed E-state index contributed by atoms with van der Waals surface area (Å²) in [6.45, 7) is 3.46. The van der Waals surface area contributed by atoms with E-state index in [-0.39, 0.29) is 11.9 Å². The van der Waals surface area contributed by atoms with Gasteiger partial charge in [0.1, 0.15) is 5.82 Å². The highest BCUT2D eigenvalue weighted by molar-refractivity contribution is 5.76. The molecule has 1 amide bonds. The van der Waals surface area contributed by atoms with Gasteiger partial charge in [0.05, 0.1) is 11.9 Å². The van der Waals surface area contributed by atoms with Crippen molar-refractivity contribution < 1.29 is 4.79 Å². The molecule has 134 valence electrons. The predicted molar refractivity (Wildman–Crippen MR) is 98.9 cm³/mol. The van der Waals surface area contributed by atoms with Gasteiger partial charge in [0, 0.05) is 37.9 Å². The molecule has 7 heteroatoms. The SMILES string of the molecule is Cc1cn2nc(NC3CCN(C(=O)CCc4cccnc4)C3)ccc2n1. The van der Waals surface area contributed by atoms with Crippen molar-refractivity contribution in [2.24, 2.45) is 0 Å². The molecular weight excluding hydrogens is 328 g/mol. The molecular formula is C19H22N6O. The Morgan fingerprint density at radius 2 is 2.27 bits per heavy atom. The molecule has 1 unspecified atom stereocenters. The lowest BCUT2D eigenvalue weighted by Crippen LogP contribution is -2.31. The number of anilines is 1. The third kappa shape index (κ3) is 3.66. The Bertz CT molecular complexity index is 907. The molecule has 26 heavy (non-hydrogen) atoms. The monoisotopic (exact) mass is 350 g/mol. The highest BCUT2D eigenvalue weighted by atomic mass is 16.2. The Hall–Kier alpha value is -2.96. The van der Waals surface area contributed by atoms with Gasteiger partial charge in [-0.25, -0.2) is 9.50 Å². The van der Waals surface area contributed by atoms with Gasteiger partial charge in [-0.3, -0.25) is 9.78 Å². The maximum Gasteiger partial charge on any atom is 0.222 e. The molecule has 1 aliphatic heterocycles. The first-order chi connectivity index (χ1) is 12.7. The smallest absolute Gasteiger partial charge is 0.222 e. The minimum absolute atomic E-state index is 0.201. The average molecular weight is 350 g/mol. The molecule has 0 spiro atoms. The number of pyridine rings is 1. The van der Waals surface area contributed by atoms with E-state index in [9.17, 15) is 4.79 Å². The predicted octanol–water partition coefficient (Wildman–Crippen LogP) is 2.08. The molecule has 4 rings (SSSR count). The number of hydrogen-bond donors (Lipinski definition) is 1. The number of likely N-dealkylation sites (tertiary alicyclic amines) is 1. The number of aryl methyl sites for hydroxylation is 2. The topological polar surface area (TPSA) is 75.4 Å². The summed E-state index contributed by atoms with van der Waals surface area (Å²) in [7, 11) is 0. The van der Waals surface area contributed by atoms with E-state index in [1.807, 2.05) is 48.5 Å². The van der Waals surface area contributed by atoms with E-state index in [1.165, 1.54) is 0 Å². The molecule has 1 fully saturated rings. The molecule has 3 aromatic heterocycles. The van der Waals surface area contributed by atoms with Gasteiger partial charge in [0.15, 0.2) is 5.65 Å². The van der Waals surface area contributed by atoms with Gasteiger partial charge < -0.3 is 10.2 Å². The first-order valence-corrected chi connectivity index (χ1v) is 8.93. The zero-order valence-corrected chi connectivity index (χ0v) is 14.8. The first-order valence-electron chi connectivity index (χ1n) is 8.93. The van der Waals surface area contributed by atoms with Gasteiger partial charge in [-0.2, -0.15) is 0 Å². The molecule has 0 aromatic carbocycles.